The molecule has 34 heavy (non-hydrogen) atoms. The third kappa shape index (κ3) is 5.92. The molecule has 1 saturated heterocycles. The van der Waals surface area contributed by atoms with Gasteiger partial charge in [0, 0.05) is 54.4 Å². The third-order valence-corrected chi connectivity index (χ3v) is 7.64. The molecule has 0 bridgehead atoms. The van der Waals surface area contributed by atoms with Crippen LogP contribution in [0.5, 0.6) is 0 Å². The van der Waals surface area contributed by atoms with E-state index < -0.39 is 16.6 Å². The van der Waals surface area contributed by atoms with Crippen LogP contribution in [0.3, 0.4) is 0 Å². The molecule has 7 nitrogen and oxygen atoms in total. The van der Waals surface area contributed by atoms with Crippen LogP contribution in [0, 0.1) is 11.3 Å². The van der Waals surface area contributed by atoms with Crippen LogP contribution < -0.4 is 10.6 Å². The molecule has 3 atom stereocenters. The zero-order valence-electron chi connectivity index (χ0n) is 20.9. The summed E-state index contributed by atoms with van der Waals surface area (Å²) >= 11 is 6.02. The second kappa shape index (κ2) is 9.86. The van der Waals surface area contributed by atoms with E-state index in [2.05, 4.69) is 10.6 Å². The van der Waals surface area contributed by atoms with Gasteiger partial charge in [-0.3, -0.25) is 14.4 Å². The molecule has 1 saturated carbocycles. The number of hydrogen-bond acceptors (Lipinski definition) is 4. The first-order valence-corrected chi connectivity index (χ1v) is 12.5. The summed E-state index contributed by atoms with van der Waals surface area (Å²) < 4.78 is 0. The number of halogens is 1. The van der Waals surface area contributed by atoms with Crippen molar-refractivity contribution in [2.45, 2.75) is 83.9 Å². The van der Waals surface area contributed by atoms with Gasteiger partial charge >= 0.3 is 0 Å². The fourth-order valence-corrected chi connectivity index (χ4v) is 5.53. The van der Waals surface area contributed by atoms with Crippen LogP contribution in [-0.4, -0.2) is 52.4 Å². The lowest BCUT2D eigenvalue weighted by molar-refractivity contribution is -0.154. The van der Waals surface area contributed by atoms with Crippen LogP contribution in [0.15, 0.2) is 24.3 Å². The highest BCUT2D eigenvalue weighted by Crippen LogP contribution is 2.46. The SMILES string of the molecule is CC(=O)NC1CC[C@@H](C(=O)NC(C)(C)CC(=O)N2CC[C@](O)(c3ccc(Cl)cc3)C(C)(C)C2)C1. The molecule has 2 fully saturated rings. The normalized spacial score (nSPS) is 26.7. The summed E-state index contributed by atoms with van der Waals surface area (Å²) in [6.07, 6.45) is 2.74. The van der Waals surface area contributed by atoms with Gasteiger partial charge in [0.15, 0.2) is 0 Å². The van der Waals surface area contributed by atoms with Crippen molar-refractivity contribution in [3.63, 3.8) is 0 Å². The predicted octanol–water partition coefficient (Wildman–Crippen LogP) is 3.38. The van der Waals surface area contributed by atoms with E-state index in [0.717, 1.165) is 18.4 Å². The fraction of sp³-hybridized carbons (Fsp3) is 0.654. The number of amides is 3. The number of rotatable bonds is 6. The molecule has 0 aromatic heterocycles. The number of nitrogens with one attached hydrogen (secondary N) is 2. The highest BCUT2D eigenvalue weighted by molar-refractivity contribution is 6.30. The van der Waals surface area contributed by atoms with Crippen LogP contribution in [0.25, 0.3) is 0 Å². The molecule has 1 unspecified atom stereocenters. The van der Waals surface area contributed by atoms with Crippen molar-refractivity contribution in [1.29, 1.82) is 0 Å². The number of benzene rings is 1. The largest absolute Gasteiger partial charge is 0.384 e. The van der Waals surface area contributed by atoms with Crippen molar-refractivity contribution in [2.24, 2.45) is 11.3 Å². The first kappa shape index (κ1) is 26.5. The Morgan fingerprint density at radius 2 is 1.82 bits per heavy atom. The van der Waals surface area contributed by atoms with E-state index in [1.54, 1.807) is 17.0 Å². The van der Waals surface area contributed by atoms with E-state index in [0.29, 0.717) is 31.0 Å². The summed E-state index contributed by atoms with van der Waals surface area (Å²) in [7, 11) is 0. The van der Waals surface area contributed by atoms with Gasteiger partial charge in [0.1, 0.15) is 0 Å². The maximum atomic E-state index is 13.2. The van der Waals surface area contributed by atoms with Gasteiger partial charge < -0.3 is 20.6 Å². The molecule has 0 radical (unpaired) electrons. The smallest absolute Gasteiger partial charge is 0.224 e. The molecule has 1 aliphatic carbocycles. The molecule has 3 N–H and O–H groups in total. The number of aliphatic hydroxyl groups is 1. The molecule has 8 heteroatoms. The van der Waals surface area contributed by atoms with Gasteiger partial charge in [-0.05, 0) is 57.2 Å². The van der Waals surface area contributed by atoms with Gasteiger partial charge in [0.25, 0.3) is 0 Å². The summed E-state index contributed by atoms with van der Waals surface area (Å²) in [4.78, 5) is 39.1. The minimum Gasteiger partial charge on any atom is -0.384 e. The fourth-order valence-electron chi connectivity index (χ4n) is 5.40. The zero-order valence-corrected chi connectivity index (χ0v) is 21.7. The van der Waals surface area contributed by atoms with Crippen molar-refractivity contribution in [2.75, 3.05) is 13.1 Å². The van der Waals surface area contributed by atoms with Crippen molar-refractivity contribution < 1.29 is 19.5 Å². The molecular formula is C26H38ClN3O4. The van der Waals surface area contributed by atoms with Gasteiger partial charge in [-0.15, -0.1) is 0 Å². The van der Waals surface area contributed by atoms with E-state index in [4.69, 9.17) is 11.6 Å². The number of hydrogen-bond donors (Lipinski definition) is 3. The van der Waals surface area contributed by atoms with Crippen LogP contribution in [0.1, 0.15) is 72.3 Å². The predicted molar refractivity (Wildman–Crippen MR) is 132 cm³/mol. The standard InChI is InChI=1S/C26H38ClN3O4/c1-17(31)28-21-11-6-18(14-21)23(33)29-25(4,5)15-22(32)30-13-12-26(34,24(2,3)16-30)19-7-9-20(27)10-8-19/h7-10,18,21,34H,6,11-16H2,1-5H3,(H,28,31)(H,29,33)/t18-,21?,26+/m1/s1. The van der Waals surface area contributed by atoms with Crippen molar-refractivity contribution in [3.05, 3.63) is 34.9 Å². The monoisotopic (exact) mass is 491 g/mol. The maximum absolute atomic E-state index is 13.2. The maximum Gasteiger partial charge on any atom is 0.224 e. The third-order valence-electron chi connectivity index (χ3n) is 7.39. The van der Waals surface area contributed by atoms with E-state index in [1.165, 1.54) is 6.92 Å². The molecule has 3 amide bonds. The van der Waals surface area contributed by atoms with Gasteiger partial charge in [-0.2, -0.15) is 0 Å². The van der Waals surface area contributed by atoms with Crippen molar-refractivity contribution >= 4 is 29.3 Å². The Morgan fingerprint density at radius 1 is 1.18 bits per heavy atom. The summed E-state index contributed by atoms with van der Waals surface area (Å²) in [5.41, 5.74) is -1.53. The molecule has 1 aromatic carbocycles. The second-order valence-corrected chi connectivity index (χ2v) is 11.7. The molecule has 1 aliphatic heterocycles. The van der Waals surface area contributed by atoms with Crippen molar-refractivity contribution in [3.8, 4) is 0 Å². The van der Waals surface area contributed by atoms with E-state index in [-0.39, 0.29) is 36.1 Å². The van der Waals surface area contributed by atoms with Crippen LogP contribution in [-0.2, 0) is 20.0 Å². The molecule has 3 rings (SSSR count). The number of nitrogens with zero attached hydrogens (tertiary/aromatic N) is 1. The van der Waals surface area contributed by atoms with Crippen LogP contribution in [0.4, 0.5) is 0 Å². The van der Waals surface area contributed by atoms with Gasteiger partial charge in [0.2, 0.25) is 17.7 Å². The summed E-state index contributed by atoms with van der Waals surface area (Å²) in [6, 6.07) is 7.28. The lowest BCUT2D eigenvalue weighted by Gasteiger charge is -2.51. The molecule has 1 aromatic rings. The Bertz CT molecular complexity index is 930. The molecule has 1 heterocycles. The Kier molecular flexibility index (Phi) is 7.68. The Morgan fingerprint density at radius 3 is 2.41 bits per heavy atom. The second-order valence-electron chi connectivity index (χ2n) is 11.3. The Hall–Kier alpha value is -2.12. The van der Waals surface area contributed by atoms with Crippen LogP contribution in [0.2, 0.25) is 5.02 Å². The molecule has 2 aliphatic rings. The lowest BCUT2D eigenvalue weighted by Crippen LogP contribution is -2.58. The minimum absolute atomic E-state index is 0.0352. The average molecular weight is 492 g/mol. The summed E-state index contributed by atoms with van der Waals surface area (Å²) in [5.74, 6) is -0.347. The summed E-state index contributed by atoms with van der Waals surface area (Å²) in [5, 5.41) is 18.1. The van der Waals surface area contributed by atoms with Crippen LogP contribution >= 0.6 is 11.6 Å². The van der Waals surface area contributed by atoms with Gasteiger partial charge in [-0.1, -0.05) is 37.6 Å². The minimum atomic E-state index is -1.06. The topological polar surface area (TPSA) is 98.7 Å². The Labute approximate surface area is 207 Å². The molecule has 188 valence electrons. The number of carbonyl (C=O) groups is 3. The zero-order chi connectivity index (χ0) is 25.3. The van der Waals surface area contributed by atoms with Gasteiger partial charge in [0.05, 0.1) is 5.60 Å². The average Bonchev–Trinajstić information content (AvgIpc) is 3.17. The quantitative estimate of drug-likeness (QED) is 0.568. The van der Waals surface area contributed by atoms with Crippen molar-refractivity contribution in [1.82, 2.24) is 15.5 Å². The van der Waals surface area contributed by atoms with Gasteiger partial charge in [-0.25, -0.2) is 0 Å². The lowest BCUT2D eigenvalue weighted by atomic mass is 9.66. The van der Waals surface area contributed by atoms with E-state index >= 15 is 0 Å². The first-order chi connectivity index (χ1) is 15.7. The van der Waals surface area contributed by atoms with E-state index in [9.17, 15) is 19.5 Å². The molecular weight excluding hydrogens is 454 g/mol. The Balaban J connectivity index is 1.58. The number of likely N-dealkylation sites (tertiary alicyclic amines) is 1. The number of piperidine rings is 1. The van der Waals surface area contributed by atoms with E-state index in [1.807, 2.05) is 39.8 Å². The highest BCUT2D eigenvalue weighted by Gasteiger charge is 2.50. The molecule has 0 spiro atoms. The number of carbonyl (C=O) groups excluding carboxylic acids is 3. The first-order valence-electron chi connectivity index (χ1n) is 12.1. The highest BCUT2D eigenvalue weighted by atomic mass is 35.5. The summed E-state index contributed by atoms with van der Waals surface area (Å²) in [6.45, 7) is 10.0.